The van der Waals surface area contributed by atoms with E-state index >= 15 is 0 Å². The maximum Gasteiger partial charge on any atom is 0.265 e. The average Bonchev–Trinajstić information content (AvgIpc) is 3.20. The van der Waals surface area contributed by atoms with Crippen LogP contribution in [0.25, 0.3) is 0 Å². The van der Waals surface area contributed by atoms with E-state index in [1.807, 2.05) is 73.0 Å². The van der Waals surface area contributed by atoms with Gasteiger partial charge in [-0.2, -0.15) is 10.8 Å². The fourth-order valence-electron chi connectivity index (χ4n) is 4.28. The molecule has 1 amide bonds. The van der Waals surface area contributed by atoms with Crippen LogP contribution < -0.4 is 15.9 Å². The number of hydrogen-bond acceptors (Lipinski definition) is 6. The largest absolute Gasteiger partial charge is 0.489 e. The van der Waals surface area contributed by atoms with Gasteiger partial charge in [-0.25, -0.2) is 0 Å². The number of anilines is 1. The van der Waals surface area contributed by atoms with Crippen LogP contribution in [0, 0.1) is 0 Å². The number of carbonyl (C=O) groups excluding carboxylic acids is 1. The Kier molecular flexibility index (Phi) is 5.65. The number of rotatable bonds is 7. The van der Waals surface area contributed by atoms with Crippen LogP contribution in [-0.4, -0.2) is 27.5 Å². The number of aliphatic imine (C=N–C) groups is 2. The molecule has 3 aromatic rings. The minimum Gasteiger partial charge on any atom is -0.489 e. The van der Waals surface area contributed by atoms with Crippen LogP contribution in [0.2, 0.25) is 0 Å². The van der Waals surface area contributed by atoms with Crippen molar-refractivity contribution in [3.8, 4) is 5.75 Å². The summed E-state index contributed by atoms with van der Waals surface area (Å²) in [5.74, 6) is 7.99. The normalized spacial score (nSPS) is 19.2. The molecule has 6 rings (SSSR count). The fourth-order valence-corrected chi connectivity index (χ4v) is 4.28. The van der Waals surface area contributed by atoms with Gasteiger partial charge in [0, 0.05) is 29.2 Å². The molecule has 180 valence electrons. The Balaban J connectivity index is 1.18. The number of aromatic nitrogens is 1. The minimum absolute atomic E-state index is 0.0489. The lowest BCUT2D eigenvalue weighted by atomic mass is 10.0. The number of nitrogens with one attached hydrogen (secondary N) is 1. The second-order valence-electron chi connectivity index (χ2n) is 8.71. The maximum absolute atomic E-state index is 12.5. The maximum atomic E-state index is 12.5. The number of hydrogen-bond donors (Lipinski definition) is 2. The van der Waals surface area contributed by atoms with Crippen molar-refractivity contribution in [3.63, 3.8) is 0 Å². The first-order chi connectivity index (χ1) is 18.1. The Hall–Kier alpha value is -4.92. The van der Waals surface area contributed by atoms with E-state index in [4.69, 9.17) is 15.6 Å². The number of quaternary nitrogens is 1. The summed E-state index contributed by atoms with van der Waals surface area (Å²) in [6.45, 7) is 0.330. The van der Waals surface area contributed by atoms with E-state index in [1.54, 1.807) is 36.9 Å². The van der Waals surface area contributed by atoms with Crippen molar-refractivity contribution in [2.45, 2.75) is 6.61 Å². The molecule has 3 heterocycles. The lowest BCUT2D eigenvalue weighted by Gasteiger charge is -2.26. The van der Waals surface area contributed by atoms with E-state index in [9.17, 15) is 4.79 Å². The Labute approximate surface area is 213 Å². The van der Waals surface area contributed by atoms with Gasteiger partial charge in [0.15, 0.2) is 0 Å². The predicted molar refractivity (Wildman–Crippen MR) is 142 cm³/mol. The Morgan fingerprint density at radius 1 is 1.05 bits per heavy atom. The Morgan fingerprint density at radius 3 is 2.70 bits per heavy atom. The van der Waals surface area contributed by atoms with E-state index < -0.39 is 0 Å². The van der Waals surface area contributed by atoms with Crippen LogP contribution in [0.15, 0.2) is 131 Å². The third kappa shape index (κ3) is 4.31. The molecule has 2 aliphatic heterocycles. The van der Waals surface area contributed by atoms with Crippen molar-refractivity contribution in [2.75, 3.05) is 5.32 Å². The summed E-state index contributed by atoms with van der Waals surface area (Å²) in [5.41, 5.74) is 5.69. The first-order valence-corrected chi connectivity index (χ1v) is 11.7. The second-order valence-corrected chi connectivity index (χ2v) is 8.71. The zero-order valence-electron chi connectivity index (χ0n) is 19.8. The van der Waals surface area contributed by atoms with Crippen molar-refractivity contribution < 1.29 is 14.1 Å². The first kappa shape index (κ1) is 22.5. The summed E-state index contributed by atoms with van der Waals surface area (Å²) in [4.78, 5) is 25.6. The van der Waals surface area contributed by atoms with E-state index in [-0.39, 0.29) is 10.5 Å². The van der Waals surface area contributed by atoms with Crippen LogP contribution in [0.4, 0.5) is 5.69 Å². The number of amidine groups is 1. The van der Waals surface area contributed by atoms with E-state index in [0.29, 0.717) is 29.4 Å². The molecule has 1 unspecified atom stereocenters. The van der Waals surface area contributed by atoms with Crippen LogP contribution in [0.3, 0.4) is 0 Å². The number of pyridine rings is 1. The van der Waals surface area contributed by atoms with Crippen LogP contribution >= 0.6 is 0 Å². The number of nitrogens with zero attached hydrogens (tertiary/aromatic N) is 4. The number of nitrogens with two attached hydrogens (primary N) is 1. The molecule has 1 aliphatic carbocycles. The molecule has 3 N–H and O–H groups in total. The topological polar surface area (TPSA) is 102 Å². The van der Waals surface area contributed by atoms with E-state index in [0.717, 1.165) is 28.1 Å². The molecule has 3 aliphatic rings. The molecule has 37 heavy (non-hydrogen) atoms. The standard InChI is InChI=1S/C29H22N6O2/c30-35-15-14-32-18-26(35)27(21-5-2-6-21)34-28(35)23-7-3-9-25(17-23)37-19-20-4-1-8-24(16-20)33-29(36)22-10-12-31-13-11-22/h1-18H,19,30H2/p+1. The fraction of sp³-hybridized carbons (Fsp3) is 0.0345. The van der Waals surface area contributed by atoms with Crippen molar-refractivity contribution in [3.05, 3.63) is 137 Å². The van der Waals surface area contributed by atoms with Crippen LogP contribution in [-0.2, 0) is 6.61 Å². The number of fused-ring (bicyclic) bond motifs is 1. The highest BCUT2D eigenvalue weighted by molar-refractivity contribution is 6.04. The highest BCUT2D eigenvalue weighted by Gasteiger charge is 2.44. The monoisotopic (exact) mass is 487 g/mol. The molecular formula is C29H23N6O2+. The van der Waals surface area contributed by atoms with E-state index in [1.165, 1.54) is 0 Å². The molecule has 0 fully saturated rings. The van der Waals surface area contributed by atoms with Gasteiger partial charge in [0.2, 0.25) is 5.70 Å². The molecule has 0 saturated heterocycles. The zero-order valence-corrected chi connectivity index (χ0v) is 19.8. The summed E-state index contributed by atoms with van der Waals surface area (Å²) in [7, 11) is 0. The summed E-state index contributed by atoms with van der Waals surface area (Å²) >= 11 is 0. The van der Waals surface area contributed by atoms with Crippen molar-refractivity contribution in [1.82, 2.24) is 4.98 Å². The molecule has 0 spiro atoms. The molecule has 0 radical (unpaired) electrons. The zero-order chi connectivity index (χ0) is 25.2. The van der Waals surface area contributed by atoms with Gasteiger partial charge in [0.1, 0.15) is 24.3 Å². The first-order valence-electron chi connectivity index (χ1n) is 11.7. The van der Waals surface area contributed by atoms with Crippen molar-refractivity contribution >= 4 is 23.6 Å². The number of benzene rings is 2. The van der Waals surface area contributed by atoms with Crippen molar-refractivity contribution in [1.29, 1.82) is 0 Å². The number of amides is 1. The molecule has 1 aromatic heterocycles. The van der Waals surface area contributed by atoms with Crippen molar-refractivity contribution in [2.24, 2.45) is 15.8 Å². The smallest absolute Gasteiger partial charge is 0.265 e. The molecule has 0 bridgehead atoms. The highest BCUT2D eigenvalue weighted by atomic mass is 16.5. The number of allylic oxidation sites excluding steroid dienone is 4. The van der Waals surface area contributed by atoms with Gasteiger partial charge in [0.05, 0.1) is 18.0 Å². The van der Waals surface area contributed by atoms with Gasteiger partial charge in [-0.15, -0.1) is 4.59 Å². The van der Waals surface area contributed by atoms with E-state index in [2.05, 4.69) is 15.3 Å². The second kappa shape index (κ2) is 9.27. The third-order valence-corrected chi connectivity index (χ3v) is 6.24. The molecule has 1 atom stereocenters. The molecule has 8 heteroatoms. The molecule has 0 saturated carbocycles. The third-order valence-electron chi connectivity index (χ3n) is 6.24. The predicted octanol–water partition coefficient (Wildman–Crippen LogP) is 4.63. The van der Waals surface area contributed by atoms with Gasteiger partial charge in [-0.1, -0.05) is 36.4 Å². The Morgan fingerprint density at radius 2 is 1.89 bits per heavy atom. The molecule has 2 aromatic carbocycles. The minimum atomic E-state index is -0.193. The van der Waals surface area contributed by atoms with Gasteiger partial charge >= 0.3 is 0 Å². The van der Waals surface area contributed by atoms with Gasteiger partial charge in [-0.05, 0) is 48.0 Å². The number of ether oxygens (including phenoxy) is 1. The van der Waals surface area contributed by atoms with Gasteiger partial charge < -0.3 is 10.1 Å². The van der Waals surface area contributed by atoms with Gasteiger partial charge in [0.25, 0.3) is 11.7 Å². The lowest BCUT2D eigenvalue weighted by Crippen LogP contribution is -2.53. The average molecular weight is 488 g/mol. The summed E-state index contributed by atoms with van der Waals surface area (Å²) in [6, 6.07) is 18.6. The quantitative estimate of drug-likeness (QED) is 0.375. The summed E-state index contributed by atoms with van der Waals surface area (Å²) < 4.78 is 6.06. The highest BCUT2D eigenvalue weighted by Crippen LogP contribution is 2.36. The Bertz CT molecular complexity index is 1580. The SMILES string of the molecule is N[N+]12C=CN=CC1=C(C1=CC=C1)N=C2c1cccc(OCc2cccc(NC(=O)c3ccncc3)c2)c1. The lowest BCUT2D eigenvalue weighted by molar-refractivity contribution is -0.750. The molecule has 8 nitrogen and oxygen atoms in total. The number of carbonyl (C=O) groups is 1. The summed E-state index contributed by atoms with van der Waals surface area (Å²) in [5, 5.41) is 2.91. The van der Waals surface area contributed by atoms with Crippen LogP contribution in [0.5, 0.6) is 5.75 Å². The molecular weight excluding hydrogens is 464 g/mol. The summed E-state index contributed by atoms with van der Waals surface area (Å²) in [6.07, 6.45) is 14.5. The van der Waals surface area contributed by atoms with Crippen LogP contribution in [0.1, 0.15) is 21.5 Å². The van der Waals surface area contributed by atoms with Gasteiger partial charge in [-0.3, -0.25) is 14.8 Å².